The Balaban J connectivity index is 5.63. The molecule has 0 aliphatic rings. The summed E-state index contributed by atoms with van der Waals surface area (Å²) in [6.07, 6.45) is 5.70. The Bertz CT molecular complexity index is 308. The van der Waals surface area contributed by atoms with E-state index in [-0.39, 0.29) is 5.54 Å². The van der Waals surface area contributed by atoms with E-state index in [1.54, 1.807) is 0 Å². The van der Waals surface area contributed by atoms with Crippen LogP contribution in [0.1, 0.15) is 87.0 Å². The van der Waals surface area contributed by atoms with Gasteiger partial charge in [0.1, 0.15) is 0 Å². The minimum absolute atomic E-state index is 0.00537. The molecule has 0 aromatic rings. The van der Waals surface area contributed by atoms with Crippen molar-refractivity contribution in [2.75, 3.05) is 6.54 Å². The molecule has 1 atom stereocenters. The second-order valence-corrected chi connectivity index (χ2v) is 6.58. The van der Waals surface area contributed by atoms with Crippen molar-refractivity contribution in [2.45, 2.75) is 98.6 Å². The van der Waals surface area contributed by atoms with Crippen LogP contribution in [-0.4, -0.2) is 34.1 Å². The lowest BCUT2D eigenvalue weighted by Gasteiger charge is -2.50. The summed E-state index contributed by atoms with van der Waals surface area (Å²) in [6.45, 7) is 16.0. The van der Waals surface area contributed by atoms with Crippen LogP contribution < -0.4 is 0 Å². The van der Waals surface area contributed by atoms with E-state index in [9.17, 15) is 9.90 Å². The van der Waals surface area contributed by atoms with E-state index in [0.717, 1.165) is 38.6 Å². The fourth-order valence-corrected chi connectivity index (χ4v) is 3.80. The highest BCUT2D eigenvalue weighted by atomic mass is 16.4. The zero-order valence-electron chi connectivity index (χ0n) is 15.3. The standard InChI is InChI=1S/C18H37NO2/c1-8-15(9-2)19(13-6)18(11-4,12-5)14-17(7,10-3)16(20)21/h15H,8-14H2,1-7H3,(H,20,21). The molecule has 21 heavy (non-hydrogen) atoms. The van der Waals surface area contributed by atoms with Gasteiger partial charge in [0.15, 0.2) is 0 Å². The van der Waals surface area contributed by atoms with Gasteiger partial charge in [-0.25, -0.2) is 0 Å². The maximum Gasteiger partial charge on any atom is 0.309 e. The molecule has 1 unspecified atom stereocenters. The highest BCUT2D eigenvalue weighted by molar-refractivity contribution is 5.74. The topological polar surface area (TPSA) is 40.5 Å². The summed E-state index contributed by atoms with van der Waals surface area (Å²) in [5.41, 5.74) is -0.639. The zero-order chi connectivity index (χ0) is 16.7. The molecule has 0 saturated heterocycles. The first-order valence-electron chi connectivity index (χ1n) is 8.80. The van der Waals surface area contributed by atoms with Crippen molar-refractivity contribution in [3.8, 4) is 0 Å². The average molecular weight is 299 g/mol. The first kappa shape index (κ1) is 20.4. The number of aliphatic carboxylic acids is 1. The van der Waals surface area contributed by atoms with Gasteiger partial charge in [-0.1, -0.05) is 41.5 Å². The normalized spacial score (nSPS) is 15.5. The van der Waals surface area contributed by atoms with Crippen molar-refractivity contribution in [2.24, 2.45) is 5.41 Å². The molecule has 0 aliphatic carbocycles. The van der Waals surface area contributed by atoms with Gasteiger partial charge in [-0.05, 0) is 52.0 Å². The van der Waals surface area contributed by atoms with E-state index in [2.05, 4.69) is 39.5 Å². The predicted octanol–water partition coefficient (Wildman–Crippen LogP) is 4.95. The number of carboxylic acid groups (broad SMARTS) is 1. The Morgan fingerprint density at radius 1 is 1.00 bits per heavy atom. The molecule has 0 aromatic carbocycles. The molecule has 0 rings (SSSR count). The lowest BCUT2D eigenvalue weighted by atomic mass is 9.71. The summed E-state index contributed by atoms with van der Waals surface area (Å²) in [5, 5.41) is 9.68. The van der Waals surface area contributed by atoms with Gasteiger partial charge in [0.2, 0.25) is 0 Å². The molecule has 126 valence electrons. The molecule has 3 nitrogen and oxygen atoms in total. The molecule has 0 bridgehead atoms. The third-order valence-corrected chi connectivity index (χ3v) is 5.67. The van der Waals surface area contributed by atoms with E-state index in [1.165, 1.54) is 0 Å². The van der Waals surface area contributed by atoms with E-state index in [1.807, 2.05) is 13.8 Å². The first-order valence-corrected chi connectivity index (χ1v) is 8.80. The summed E-state index contributed by atoms with van der Waals surface area (Å²) in [4.78, 5) is 14.4. The quantitative estimate of drug-likeness (QED) is 0.587. The monoisotopic (exact) mass is 299 g/mol. The van der Waals surface area contributed by atoms with Gasteiger partial charge in [0.25, 0.3) is 0 Å². The third kappa shape index (κ3) is 4.45. The van der Waals surface area contributed by atoms with Crippen LogP contribution in [0.5, 0.6) is 0 Å². The van der Waals surface area contributed by atoms with Crippen LogP contribution in [-0.2, 0) is 4.79 Å². The van der Waals surface area contributed by atoms with Crippen LogP contribution in [0.15, 0.2) is 0 Å². The van der Waals surface area contributed by atoms with Crippen molar-refractivity contribution in [1.29, 1.82) is 0 Å². The Morgan fingerprint density at radius 3 is 1.71 bits per heavy atom. The zero-order valence-corrected chi connectivity index (χ0v) is 15.3. The molecule has 0 amide bonds. The third-order valence-electron chi connectivity index (χ3n) is 5.67. The van der Waals surface area contributed by atoms with Gasteiger partial charge >= 0.3 is 5.97 Å². The Kier molecular flexibility index (Phi) is 8.53. The SMILES string of the molecule is CCC(CC)N(CC)C(CC)(CC)CC(C)(CC)C(=O)O. The van der Waals surface area contributed by atoms with Crippen molar-refractivity contribution in [3.05, 3.63) is 0 Å². The predicted molar refractivity (Wildman–Crippen MR) is 90.7 cm³/mol. The van der Waals surface area contributed by atoms with Crippen LogP contribution in [0, 0.1) is 5.41 Å². The molecule has 3 heteroatoms. The van der Waals surface area contributed by atoms with Crippen LogP contribution in [0.2, 0.25) is 0 Å². The van der Waals surface area contributed by atoms with Crippen molar-refractivity contribution < 1.29 is 9.90 Å². The molecular weight excluding hydrogens is 262 g/mol. The summed E-state index contributed by atoms with van der Waals surface area (Å²) in [5.74, 6) is -0.656. The molecule has 0 aliphatic heterocycles. The van der Waals surface area contributed by atoms with Gasteiger partial charge in [-0.15, -0.1) is 0 Å². The van der Waals surface area contributed by atoms with E-state index in [0.29, 0.717) is 12.5 Å². The summed E-state index contributed by atoms with van der Waals surface area (Å²) in [6, 6.07) is 0.546. The fourth-order valence-electron chi connectivity index (χ4n) is 3.80. The smallest absolute Gasteiger partial charge is 0.309 e. The number of carbonyl (C=O) groups is 1. The van der Waals surface area contributed by atoms with Crippen LogP contribution in [0.3, 0.4) is 0 Å². The highest BCUT2D eigenvalue weighted by Crippen LogP contribution is 2.41. The lowest BCUT2D eigenvalue weighted by molar-refractivity contribution is -0.151. The summed E-state index contributed by atoms with van der Waals surface area (Å²) < 4.78 is 0. The van der Waals surface area contributed by atoms with Gasteiger partial charge in [-0.3, -0.25) is 9.69 Å². The van der Waals surface area contributed by atoms with Crippen molar-refractivity contribution in [3.63, 3.8) is 0 Å². The molecule has 0 aromatic heterocycles. The van der Waals surface area contributed by atoms with Crippen LogP contribution in [0.4, 0.5) is 0 Å². The largest absolute Gasteiger partial charge is 0.481 e. The van der Waals surface area contributed by atoms with Gasteiger partial charge in [-0.2, -0.15) is 0 Å². The second-order valence-electron chi connectivity index (χ2n) is 6.58. The molecule has 0 heterocycles. The van der Waals surface area contributed by atoms with E-state index < -0.39 is 11.4 Å². The summed E-state index contributed by atoms with van der Waals surface area (Å²) in [7, 11) is 0. The minimum Gasteiger partial charge on any atom is -0.481 e. The number of hydrogen-bond donors (Lipinski definition) is 1. The Morgan fingerprint density at radius 2 is 1.48 bits per heavy atom. The molecular formula is C18H37NO2. The number of carboxylic acids is 1. The Hall–Kier alpha value is -0.570. The summed E-state index contributed by atoms with van der Waals surface area (Å²) >= 11 is 0. The maximum absolute atomic E-state index is 11.8. The molecule has 0 fully saturated rings. The Labute approximate surface area is 132 Å². The maximum atomic E-state index is 11.8. The second kappa shape index (κ2) is 8.77. The number of nitrogens with zero attached hydrogens (tertiary/aromatic N) is 1. The molecule has 0 spiro atoms. The fraction of sp³-hybridized carbons (Fsp3) is 0.944. The van der Waals surface area contributed by atoms with Crippen LogP contribution in [0.25, 0.3) is 0 Å². The van der Waals surface area contributed by atoms with Crippen molar-refractivity contribution in [1.82, 2.24) is 4.90 Å². The van der Waals surface area contributed by atoms with E-state index in [4.69, 9.17) is 0 Å². The lowest BCUT2D eigenvalue weighted by Crippen LogP contribution is -2.55. The van der Waals surface area contributed by atoms with Gasteiger partial charge in [0.05, 0.1) is 5.41 Å². The molecule has 0 radical (unpaired) electrons. The minimum atomic E-state index is -0.656. The average Bonchev–Trinajstić information content (AvgIpc) is 2.50. The molecule has 1 N–H and O–H groups in total. The number of rotatable bonds is 11. The van der Waals surface area contributed by atoms with Crippen molar-refractivity contribution >= 4 is 5.97 Å². The number of hydrogen-bond acceptors (Lipinski definition) is 2. The van der Waals surface area contributed by atoms with Gasteiger partial charge < -0.3 is 5.11 Å². The van der Waals surface area contributed by atoms with Gasteiger partial charge in [0, 0.05) is 11.6 Å². The molecule has 0 saturated carbocycles. The first-order chi connectivity index (χ1) is 9.80. The highest BCUT2D eigenvalue weighted by Gasteiger charge is 2.44. The van der Waals surface area contributed by atoms with E-state index >= 15 is 0 Å². The van der Waals surface area contributed by atoms with Crippen LogP contribution >= 0.6 is 0 Å².